The van der Waals surface area contributed by atoms with E-state index in [0.717, 1.165) is 24.5 Å². The number of hydrogen-bond donors (Lipinski definition) is 2. The number of benzene rings is 1. The maximum atomic E-state index is 13.7. The van der Waals surface area contributed by atoms with Crippen molar-refractivity contribution in [2.24, 2.45) is 22.4 Å². The Morgan fingerprint density at radius 2 is 1.76 bits per heavy atom. The zero-order valence-corrected chi connectivity index (χ0v) is 21.3. The minimum atomic E-state index is -4.41. The molecule has 10 heteroatoms. The molecule has 3 aliphatic rings. The first-order valence-electron chi connectivity index (χ1n) is 12.9. The molecule has 2 saturated heterocycles. The number of hydrogen-bond acceptors (Lipinski definition) is 5. The fraction of sp³-hybridized carbons (Fsp3) is 0.556. The average Bonchev–Trinajstić information content (AvgIpc) is 2.90. The van der Waals surface area contributed by atoms with E-state index >= 15 is 0 Å². The first-order chi connectivity index (χ1) is 17.5. The quantitative estimate of drug-likeness (QED) is 0.268. The van der Waals surface area contributed by atoms with E-state index < -0.39 is 11.7 Å². The number of rotatable bonds is 5. The predicted molar refractivity (Wildman–Crippen MR) is 136 cm³/mol. The van der Waals surface area contributed by atoms with Crippen molar-refractivity contribution in [3.05, 3.63) is 58.4 Å². The van der Waals surface area contributed by atoms with Gasteiger partial charge in [-0.1, -0.05) is 12.6 Å². The van der Waals surface area contributed by atoms with Crippen LogP contribution in [0.3, 0.4) is 0 Å². The molecule has 202 valence electrons. The molecule has 0 atom stereocenters. The van der Waals surface area contributed by atoms with Gasteiger partial charge in [-0.05, 0) is 62.3 Å². The highest BCUT2D eigenvalue weighted by Crippen LogP contribution is 2.33. The van der Waals surface area contributed by atoms with Crippen LogP contribution >= 0.6 is 0 Å². The van der Waals surface area contributed by atoms with Crippen molar-refractivity contribution in [3.8, 4) is 0 Å². The number of ether oxygens (including phenoxy) is 1. The van der Waals surface area contributed by atoms with Gasteiger partial charge in [-0.15, -0.1) is 0 Å². The third-order valence-corrected chi connectivity index (χ3v) is 7.63. The average molecular weight is 520 g/mol. The molecule has 3 aliphatic heterocycles. The molecule has 1 aromatic carbocycles. The molecular formula is C27H36F3N5O2. The van der Waals surface area contributed by atoms with Gasteiger partial charge in [0, 0.05) is 62.6 Å². The van der Waals surface area contributed by atoms with Gasteiger partial charge in [-0.2, -0.15) is 13.2 Å². The zero-order chi connectivity index (χ0) is 26.7. The van der Waals surface area contributed by atoms with Crippen LogP contribution in [0, 0.1) is 5.92 Å². The molecule has 0 bridgehead atoms. The fourth-order valence-corrected chi connectivity index (χ4v) is 5.10. The Hall–Kier alpha value is -2.85. The second kappa shape index (κ2) is 11.3. The largest absolute Gasteiger partial charge is 0.416 e. The standard InChI is InChI=1S/C27H36F3N5O2/c1-17(18(2)35-10-5-19-3-4-22(27(28,29)30)15-21(19)16-35)24(26(36)34-11-6-23(31)7-12-34)33-25(32)20-8-13-37-14-9-20/h3-4,15,20,23H,2,5-14,16,31H2,1H3,(H2,32,33)/b24-17-. The molecule has 4 N–H and O–H groups in total. The Kier molecular flexibility index (Phi) is 8.28. The highest BCUT2D eigenvalue weighted by Gasteiger charge is 2.32. The molecule has 0 spiro atoms. The molecule has 0 unspecified atom stereocenters. The van der Waals surface area contributed by atoms with Crippen LogP contribution < -0.4 is 11.5 Å². The Morgan fingerprint density at radius 1 is 1.08 bits per heavy atom. The second-order valence-corrected chi connectivity index (χ2v) is 10.1. The lowest BCUT2D eigenvalue weighted by Crippen LogP contribution is -2.44. The van der Waals surface area contributed by atoms with Gasteiger partial charge in [0.25, 0.3) is 5.91 Å². The van der Waals surface area contributed by atoms with Gasteiger partial charge in [-0.3, -0.25) is 4.79 Å². The van der Waals surface area contributed by atoms with Crippen LogP contribution in [-0.4, -0.2) is 60.4 Å². The third kappa shape index (κ3) is 6.35. The molecular weight excluding hydrogens is 483 g/mol. The molecule has 7 nitrogen and oxygen atoms in total. The highest BCUT2D eigenvalue weighted by atomic mass is 19.4. The van der Waals surface area contributed by atoms with Crippen molar-refractivity contribution in [1.29, 1.82) is 0 Å². The van der Waals surface area contributed by atoms with Crippen molar-refractivity contribution < 1.29 is 22.7 Å². The summed E-state index contributed by atoms with van der Waals surface area (Å²) in [7, 11) is 0. The van der Waals surface area contributed by atoms with Gasteiger partial charge in [0.05, 0.1) is 5.56 Å². The van der Waals surface area contributed by atoms with Crippen molar-refractivity contribution in [1.82, 2.24) is 9.80 Å². The molecule has 37 heavy (non-hydrogen) atoms. The first-order valence-corrected chi connectivity index (χ1v) is 12.9. The Balaban J connectivity index is 1.63. The summed E-state index contributed by atoms with van der Waals surface area (Å²) in [4.78, 5) is 22.0. The molecule has 0 aliphatic carbocycles. The van der Waals surface area contributed by atoms with Crippen LogP contribution in [0.25, 0.3) is 0 Å². The Labute approximate surface area is 216 Å². The Morgan fingerprint density at radius 3 is 2.41 bits per heavy atom. The van der Waals surface area contributed by atoms with Gasteiger partial charge in [-0.25, -0.2) is 4.99 Å². The van der Waals surface area contributed by atoms with E-state index in [4.69, 9.17) is 16.2 Å². The lowest BCUT2D eigenvalue weighted by atomic mass is 9.96. The van der Waals surface area contributed by atoms with E-state index in [1.807, 2.05) is 4.90 Å². The summed E-state index contributed by atoms with van der Waals surface area (Å²) < 4.78 is 45.3. The van der Waals surface area contributed by atoms with E-state index in [1.165, 1.54) is 6.07 Å². The lowest BCUT2D eigenvalue weighted by molar-refractivity contribution is -0.137. The third-order valence-electron chi connectivity index (χ3n) is 7.63. The van der Waals surface area contributed by atoms with Crippen LogP contribution in [0.15, 0.2) is 46.7 Å². The number of likely N-dealkylation sites (tertiary alicyclic amines) is 1. The molecule has 1 aromatic rings. The number of nitrogens with two attached hydrogens (primary N) is 2. The Bertz CT molecular complexity index is 1080. The minimum Gasteiger partial charge on any atom is -0.387 e. The number of halogens is 3. The number of piperidine rings is 1. The monoisotopic (exact) mass is 519 g/mol. The molecule has 0 radical (unpaired) electrons. The highest BCUT2D eigenvalue weighted by molar-refractivity contribution is 5.98. The van der Waals surface area contributed by atoms with Crippen molar-refractivity contribution in [2.45, 2.75) is 57.8 Å². The predicted octanol–water partition coefficient (Wildman–Crippen LogP) is 3.58. The summed E-state index contributed by atoms with van der Waals surface area (Å²) >= 11 is 0. The normalized spacial score (nSPS) is 20.9. The van der Waals surface area contributed by atoms with Crippen molar-refractivity contribution in [2.75, 3.05) is 32.8 Å². The van der Waals surface area contributed by atoms with Crippen LogP contribution in [0.4, 0.5) is 13.2 Å². The molecule has 2 fully saturated rings. The zero-order valence-electron chi connectivity index (χ0n) is 21.3. The van der Waals surface area contributed by atoms with Gasteiger partial charge in [0.15, 0.2) is 0 Å². The van der Waals surface area contributed by atoms with E-state index in [2.05, 4.69) is 11.6 Å². The van der Waals surface area contributed by atoms with E-state index in [0.29, 0.717) is 74.8 Å². The number of carbonyl (C=O) groups excluding carboxylic acids is 1. The number of nitrogens with zero attached hydrogens (tertiary/aromatic N) is 3. The number of carbonyl (C=O) groups is 1. The van der Waals surface area contributed by atoms with E-state index in [9.17, 15) is 18.0 Å². The summed E-state index contributed by atoms with van der Waals surface area (Å²) in [5.74, 6) is 0.193. The van der Waals surface area contributed by atoms with Gasteiger partial charge >= 0.3 is 6.18 Å². The number of amides is 1. The van der Waals surface area contributed by atoms with Gasteiger partial charge in [0.2, 0.25) is 0 Å². The smallest absolute Gasteiger partial charge is 0.387 e. The number of alkyl halides is 3. The van der Waals surface area contributed by atoms with E-state index in [1.54, 1.807) is 17.9 Å². The van der Waals surface area contributed by atoms with Crippen molar-refractivity contribution in [3.63, 3.8) is 0 Å². The molecule has 0 aromatic heterocycles. The fourth-order valence-electron chi connectivity index (χ4n) is 5.10. The maximum absolute atomic E-state index is 13.7. The number of fused-ring (bicyclic) bond motifs is 1. The molecule has 1 amide bonds. The summed E-state index contributed by atoms with van der Waals surface area (Å²) in [5.41, 5.74) is 14.6. The van der Waals surface area contributed by atoms with Gasteiger partial charge < -0.3 is 26.0 Å². The summed E-state index contributed by atoms with van der Waals surface area (Å²) in [6.45, 7) is 9.12. The topological polar surface area (TPSA) is 97.2 Å². The first kappa shape index (κ1) is 27.2. The van der Waals surface area contributed by atoms with E-state index in [-0.39, 0.29) is 30.1 Å². The van der Waals surface area contributed by atoms with Gasteiger partial charge in [0.1, 0.15) is 11.5 Å². The van der Waals surface area contributed by atoms with Crippen LogP contribution in [0.2, 0.25) is 0 Å². The molecule has 3 heterocycles. The number of allylic oxidation sites excluding steroid dienone is 1. The number of aliphatic imine (C=N–C) groups is 1. The second-order valence-electron chi connectivity index (χ2n) is 10.1. The summed E-state index contributed by atoms with van der Waals surface area (Å²) in [6, 6.07) is 3.95. The summed E-state index contributed by atoms with van der Waals surface area (Å²) in [6.07, 6.45) is -0.928. The SMILES string of the molecule is C=C(/C(C)=C(\N=C(/N)C1CCOCC1)C(=O)N1CCC(N)CC1)N1CCc2ccc(C(F)(F)F)cc2C1. The molecule has 4 rings (SSSR count). The number of amidine groups is 1. The maximum Gasteiger partial charge on any atom is 0.416 e. The lowest BCUT2D eigenvalue weighted by Gasteiger charge is -2.34. The van der Waals surface area contributed by atoms with Crippen molar-refractivity contribution >= 4 is 11.7 Å². The van der Waals surface area contributed by atoms with Crippen LogP contribution in [0.1, 0.15) is 49.3 Å². The molecule has 0 saturated carbocycles. The van der Waals surface area contributed by atoms with Crippen LogP contribution in [-0.2, 0) is 28.7 Å². The summed E-state index contributed by atoms with van der Waals surface area (Å²) in [5, 5.41) is 0. The van der Waals surface area contributed by atoms with Crippen LogP contribution in [0.5, 0.6) is 0 Å². The minimum absolute atomic E-state index is 0.0232.